The number of aromatic amines is 1. The predicted octanol–water partition coefficient (Wildman–Crippen LogP) is 3.59. The Bertz CT molecular complexity index is 794. The molecular formula is C18H18ClNO5. The van der Waals surface area contributed by atoms with Crippen molar-refractivity contribution in [2.24, 2.45) is 0 Å². The average molecular weight is 364 g/mol. The van der Waals surface area contributed by atoms with Gasteiger partial charge in [0.2, 0.25) is 0 Å². The van der Waals surface area contributed by atoms with E-state index in [1.807, 2.05) is 0 Å². The van der Waals surface area contributed by atoms with Gasteiger partial charge in [0, 0.05) is 28.9 Å². The first-order valence-electron chi connectivity index (χ1n) is 7.71. The zero-order valence-corrected chi connectivity index (χ0v) is 14.6. The number of ether oxygens (including phenoxy) is 1. The molecule has 132 valence electrons. The van der Waals surface area contributed by atoms with Crippen LogP contribution in [0.1, 0.15) is 51.2 Å². The van der Waals surface area contributed by atoms with Crippen LogP contribution in [0.3, 0.4) is 0 Å². The first-order valence-corrected chi connectivity index (χ1v) is 8.09. The van der Waals surface area contributed by atoms with E-state index >= 15 is 0 Å². The molecule has 7 heteroatoms. The number of hydrogen-bond donors (Lipinski definition) is 2. The normalized spacial score (nSPS) is 11.8. The van der Waals surface area contributed by atoms with Crippen LogP contribution in [0.25, 0.3) is 0 Å². The van der Waals surface area contributed by atoms with Crippen LogP contribution in [0.2, 0.25) is 5.02 Å². The molecule has 0 aliphatic heterocycles. The van der Waals surface area contributed by atoms with Gasteiger partial charge >= 0.3 is 11.9 Å². The van der Waals surface area contributed by atoms with E-state index in [2.05, 4.69) is 4.98 Å². The highest BCUT2D eigenvalue weighted by Crippen LogP contribution is 2.28. The molecule has 0 spiro atoms. The zero-order valence-electron chi connectivity index (χ0n) is 13.8. The van der Waals surface area contributed by atoms with E-state index in [0.717, 1.165) is 0 Å². The molecule has 1 aromatic heterocycles. The van der Waals surface area contributed by atoms with Crippen LogP contribution in [0.15, 0.2) is 30.5 Å². The van der Waals surface area contributed by atoms with E-state index in [9.17, 15) is 19.5 Å². The quantitative estimate of drug-likeness (QED) is 0.578. The van der Waals surface area contributed by atoms with Gasteiger partial charge in [0.1, 0.15) is 0 Å². The maximum Gasteiger partial charge on any atom is 0.340 e. The molecule has 25 heavy (non-hydrogen) atoms. The molecule has 0 bridgehead atoms. The third-order valence-corrected chi connectivity index (χ3v) is 4.07. The van der Waals surface area contributed by atoms with Crippen molar-refractivity contribution in [3.63, 3.8) is 0 Å². The molecule has 6 nitrogen and oxygen atoms in total. The molecule has 0 aliphatic rings. The van der Waals surface area contributed by atoms with E-state index in [-0.39, 0.29) is 29.9 Å². The number of hydrogen-bond acceptors (Lipinski definition) is 4. The Labute approximate surface area is 149 Å². The van der Waals surface area contributed by atoms with Crippen molar-refractivity contribution >= 4 is 29.3 Å². The summed E-state index contributed by atoms with van der Waals surface area (Å²) in [5.41, 5.74) is 1.27. The van der Waals surface area contributed by atoms with Crippen molar-refractivity contribution in [1.29, 1.82) is 0 Å². The van der Waals surface area contributed by atoms with Gasteiger partial charge in [-0.1, -0.05) is 11.6 Å². The predicted molar refractivity (Wildman–Crippen MR) is 92.3 cm³/mol. The smallest absolute Gasteiger partial charge is 0.340 e. The van der Waals surface area contributed by atoms with Gasteiger partial charge in [0.25, 0.3) is 0 Å². The first kappa shape index (κ1) is 18.7. The molecule has 1 heterocycles. The molecule has 0 fully saturated rings. The zero-order chi connectivity index (χ0) is 18.6. The van der Waals surface area contributed by atoms with Gasteiger partial charge in [0.05, 0.1) is 18.1 Å². The number of carbonyl (C=O) groups is 3. The van der Waals surface area contributed by atoms with Crippen molar-refractivity contribution in [2.45, 2.75) is 26.2 Å². The van der Waals surface area contributed by atoms with Gasteiger partial charge in [-0.15, -0.1) is 0 Å². The number of Topliss-reactive ketones (excluding diaryl/α,β-unsaturated/α-hetero) is 1. The molecular weight excluding hydrogens is 346 g/mol. The van der Waals surface area contributed by atoms with E-state index in [4.69, 9.17) is 16.3 Å². The minimum atomic E-state index is -1.19. The Morgan fingerprint density at radius 2 is 1.88 bits per heavy atom. The number of carbonyl (C=O) groups excluding carboxylic acids is 2. The summed E-state index contributed by atoms with van der Waals surface area (Å²) in [6.45, 7) is 3.48. The van der Waals surface area contributed by atoms with Crippen molar-refractivity contribution in [1.82, 2.24) is 4.98 Å². The second-order valence-electron chi connectivity index (χ2n) is 5.49. The van der Waals surface area contributed by atoms with Gasteiger partial charge in [-0.25, -0.2) is 4.79 Å². The Morgan fingerprint density at radius 1 is 1.24 bits per heavy atom. The average Bonchev–Trinajstić information content (AvgIpc) is 2.94. The van der Waals surface area contributed by atoms with Gasteiger partial charge in [-0.05, 0) is 43.7 Å². The number of carboxylic acids is 1. The number of esters is 1. The van der Waals surface area contributed by atoms with E-state index in [1.165, 1.54) is 18.3 Å². The van der Waals surface area contributed by atoms with Crippen molar-refractivity contribution < 1.29 is 24.2 Å². The minimum Gasteiger partial charge on any atom is -0.481 e. The van der Waals surface area contributed by atoms with Gasteiger partial charge < -0.3 is 14.8 Å². The molecule has 0 radical (unpaired) electrons. The van der Waals surface area contributed by atoms with Crippen LogP contribution in [-0.4, -0.2) is 34.4 Å². The summed E-state index contributed by atoms with van der Waals surface area (Å²) in [6.07, 6.45) is 1.16. The minimum absolute atomic E-state index is 0.165. The number of nitrogens with one attached hydrogen (secondary N) is 1. The first-order chi connectivity index (χ1) is 11.8. The Balaban J connectivity index is 2.33. The summed E-state index contributed by atoms with van der Waals surface area (Å²) in [6, 6.07) is 6.21. The van der Waals surface area contributed by atoms with Crippen LogP contribution in [-0.2, 0) is 9.53 Å². The van der Waals surface area contributed by atoms with Crippen LogP contribution in [0.5, 0.6) is 0 Å². The molecule has 1 aromatic carbocycles. The van der Waals surface area contributed by atoms with Crippen molar-refractivity contribution in [2.75, 3.05) is 6.61 Å². The van der Waals surface area contributed by atoms with Crippen LogP contribution < -0.4 is 0 Å². The highest BCUT2D eigenvalue weighted by molar-refractivity contribution is 6.30. The Kier molecular flexibility index (Phi) is 5.98. The third kappa shape index (κ3) is 4.28. The van der Waals surface area contributed by atoms with Crippen LogP contribution >= 0.6 is 11.6 Å². The fourth-order valence-corrected chi connectivity index (χ4v) is 2.69. The lowest BCUT2D eigenvalue weighted by Gasteiger charge is -2.13. The number of H-pyrrole nitrogens is 1. The monoisotopic (exact) mass is 363 g/mol. The Hall–Kier alpha value is -2.60. The van der Waals surface area contributed by atoms with Gasteiger partial charge in [-0.2, -0.15) is 0 Å². The number of benzene rings is 1. The largest absolute Gasteiger partial charge is 0.481 e. The summed E-state index contributed by atoms with van der Waals surface area (Å²) in [7, 11) is 0. The van der Waals surface area contributed by atoms with Gasteiger partial charge in [0.15, 0.2) is 5.78 Å². The molecule has 0 saturated carbocycles. The molecule has 0 amide bonds. The Morgan fingerprint density at radius 3 is 2.44 bits per heavy atom. The third-order valence-electron chi connectivity index (χ3n) is 3.82. The molecule has 2 N–H and O–H groups in total. The summed E-state index contributed by atoms with van der Waals surface area (Å²) >= 11 is 5.80. The second-order valence-corrected chi connectivity index (χ2v) is 5.93. The highest BCUT2D eigenvalue weighted by atomic mass is 35.5. The summed E-state index contributed by atoms with van der Waals surface area (Å²) < 4.78 is 4.99. The molecule has 2 rings (SSSR count). The summed E-state index contributed by atoms with van der Waals surface area (Å²) in [5.74, 6) is -3.31. The maximum atomic E-state index is 12.4. The molecule has 0 aliphatic carbocycles. The second kappa shape index (κ2) is 7.98. The lowest BCUT2D eigenvalue weighted by Crippen LogP contribution is -2.19. The molecule has 1 unspecified atom stereocenters. The van der Waals surface area contributed by atoms with Crippen molar-refractivity contribution in [3.05, 3.63) is 57.9 Å². The molecule has 1 atom stereocenters. The number of halogens is 1. The summed E-state index contributed by atoms with van der Waals surface area (Å²) in [5, 5.41) is 10.1. The van der Waals surface area contributed by atoms with Gasteiger partial charge in [-0.3, -0.25) is 9.59 Å². The van der Waals surface area contributed by atoms with Crippen LogP contribution in [0.4, 0.5) is 0 Å². The lowest BCUT2D eigenvalue weighted by atomic mass is 9.90. The van der Waals surface area contributed by atoms with E-state index in [1.54, 1.807) is 26.0 Å². The number of ketones is 1. The number of carboxylic acid groups (broad SMARTS) is 1. The fourth-order valence-electron chi connectivity index (χ4n) is 2.57. The van der Waals surface area contributed by atoms with Crippen molar-refractivity contribution in [3.8, 4) is 0 Å². The maximum absolute atomic E-state index is 12.4. The number of aromatic nitrogens is 1. The standard InChI is InChI=1S/C18H18ClNO5/c1-3-25-18(24)16-10(2)20-9-14(16)13(17(22)23)8-15(21)11-4-6-12(19)7-5-11/h4-7,9,13,20H,3,8H2,1-2H3,(H,22,23). The number of aliphatic carboxylic acids is 1. The van der Waals surface area contributed by atoms with E-state index < -0.39 is 17.9 Å². The highest BCUT2D eigenvalue weighted by Gasteiger charge is 2.30. The number of rotatable bonds is 7. The lowest BCUT2D eigenvalue weighted by molar-refractivity contribution is -0.138. The fraction of sp³-hybridized carbons (Fsp3) is 0.278. The number of aryl methyl sites for hydroxylation is 1. The van der Waals surface area contributed by atoms with Crippen LogP contribution in [0, 0.1) is 6.92 Å². The topological polar surface area (TPSA) is 96.5 Å². The molecule has 2 aromatic rings. The molecule has 0 saturated heterocycles. The van der Waals surface area contributed by atoms with E-state index in [0.29, 0.717) is 16.3 Å². The SMILES string of the molecule is CCOC(=O)c1c(C(CC(=O)c2ccc(Cl)cc2)C(=O)O)c[nH]c1C. The summed E-state index contributed by atoms with van der Waals surface area (Å²) in [4.78, 5) is 39.1.